The van der Waals surface area contributed by atoms with Gasteiger partial charge in [-0.05, 0) is 6.92 Å². The maximum atomic E-state index is 10.5. The molecule has 0 saturated heterocycles. The number of aliphatic carboxylic acids is 1. The smallest absolute Gasteiger partial charge is 0.466 e. The van der Waals surface area contributed by atoms with Gasteiger partial charge in [0.05, 0.1) is 19.4 Å². The Labute approximate surface area is 85.7 Å². The molecule has 4 N–H and O–H groups in total. The molecule has 0 saturated carbocycles. The third kappa shape index (κ3) is 32.1. The predicted molar refractivity (Wildman–Crippen MR) is 47.8 cm³/mol. The van der Waals surface area contributed by atoms with Crippen molar-refractivity contribution in [3.05, 3.63) is 0 Å². The molecule has 0 aliphatic carbocycles. The lowest BCUT2D eigenvalue weighted by Crippen LogP contribution is -2.06. The van der Waals surface area contributed by atoms with Gasteiger partial charge in [0.1, 0.15) is 0 Å². The van der Waals surface area contributed by atoms with Gasteiger partial charge < -0.3 is 24.5 Å². The summed E-state index contributed by atoms with van der Waals surface area (Å²) in [6.07, 6.45) is -0.192. The first-order valence-electron chi connectivity index (χ1n) is 3.82. The molecule has 0 bridgehead atoms. The van der Waals surface area contributed by atoms with E-state index in [9.17, 15) is 9.59 Å². The van der Waals surface area contributed by atoms with Gasteiger partial charge in [-0.25, -0.2) is 4.57 Å². The van der Waals surface area contributed by atoms with Gasteiger partial charge in [0.25, 0.3) is 0 Å². The summed E-state index contributed by atoms with van der Waals surface area (Å²) in [4.78, 5) is 41.9. The Balaban J connectivity index is 0. The van der Waals surface area contributed by atoms with E-state index in [-0.39, 0.29) is 12.8 Å². The fraction of sp³-hybridized carbons (Fsp3) is 0.667. The van der Waals surface area contributed by atoms with E-state index in [1.165, 1.54) is 0 Å². The molecule has 0 fully saturated rings. The molecule has 0 amide bonds. The molecule has 15 heavy (non-hydrogen) atoms. The van der Waals surface area contributed by atoms with Crippen molar-refractivity contribution in [3.8, 4) is 0 Å². The first-order chi connectivity index (χ1) is 6.66. The summed E-state index contributed by atoms with van der Waals surface area (Å²) in [7, 11) is -4.64. The molecule has 0 aromatic carbocycles. The van der Waals surface area contributed by atoms with Crippen LogP contribution in [0.2, 0.25) is 0 Å². The lowest BCUT2D eigenvalue weighted by Gasteiger charge is -1.97. The van der Waals surface area contributed by atoms with Gasteiger partial charge in [0.15, 0.2) is 0 Å². The van der Waals surface area contributed by atoms with Crippen LogP contribution in [0.15, 0.2) is 0 Å². The summed E-state index contributed by atoms with van der Waals surface area (Å²) in [5.74, 6) is -1.43. The Morgan fingerprint density at radius 2 is 1.60 bits per heavy atom. The third-order valence-corrected chi connectivity index (χ3v) is 0.848. The van der Waals surface area contributed by atoms with Crippen molar-refractivity contribution >= 4 is 19.8 Å². The van der Waals surface area contributed by atoms with Gasteiger partial charge in [-0.15, -0.1) is 0 Å². The Kier molecular flexibility index (Phi) is 9.19. The van der Waals surface area contributed by atoms with Crippen molar-refractivity contribution in [2.45, 2.75) is 19.8 Å². The molecular weight excluding hydrogens is 231 g/mol. The van der Waals surface area contributed by atoms with Crippen molar-refractivity contribution < 1.29 is 38.7 Å². The SMILES string of the molecule is CCOC(=O)CCC(=O)O.O=P(O)(O)O. The van der Waals surface area contributed by atoms with Crippen molar-refractivity contribution in [2.75, 3.05) is 6.61 Å². The minimum Gasteiger partial charge on any atom is -0.481 e. The number of esters is 1. The third-order valence-electron chi connectivity index (χ3n) is 0.848. The topological polar surface area (TPSA) is 141 Å². The molecule has 0 aromatic heterocycles. The number of carboxylic acid groups (broad SMARTS) is 1. The van der Waals surface area contributed by atoms with Gasteiger partial charge in [-0.2, -0.15) is 0 Å². The number of carbonyl (C=O) groups excluding carboxylic acids is 1. The number of rotatable bonds is 4. The summed E-state index contributed by atoms with van der Waals surface area (Å²) >= 11 is 0. The molecule has 0 unspecified atom stereocenters. The molecule has 0 aliphatic heterocycles. The summed E-state index contributed by atoms with van der Waals surface area (Å²) < 4.78 is 13.4. The first kappa shape index (κ1) is 16.5. The van der Waals surface area contributed by atoms with Crippen LogP contribution < -0.4 is 0 Å². The maximum absolute atomic E-state index is 10.5. The number of phosphoric acid groups is 1. The minimum absolute atomic E-state index is 0.0385. The molecule has 0 aliphatic rings. The molecule has 90 valence electrons. The molecule has 0 rings (SSSR count). The molecule has 0 spiro atoms. The van der Waals surface area contributed by atoms with Crippen LogP contribution in [0, 0.1) is 0 Å². The second kappa shape index (κ2) is 8.37. The Hall–Kier alpha value is -0.950. The van der Waals surface area contributed by atoms with Crippen LogP contribution in [-0.4, -0.2) is 38.3 Å². The number of carbonyl (C=O) groups is 2. The minimum atomic E-state index is -4.64. The van der Waals surface area contributed by atoms with Crippen LogP contribution in [0.1, 0.15) is 19.8 Å². The molecule has 0 radical (unpaired) electrons. The van der Waals surface area contributed by atoms with Gasteiger partial charge in [0.2, 0.25) is 0 Å². The fourth-order valence-corrected chi connectivity index (χ4v) is 0.442. The monoisotopic (exact) mass is 244 g/mol. The van der Waals surface area contributed by atoms with E-state index in [0.717, 1.165) is 0 Å². The molecule has 8 nitrogen and oxygen atoms in total. The van der Waals surface area contributed by atoms with Crippen molar-refractivity contribution in [1.29, 1.82) is 0 Å². The average Bonchev–Trinajstić information content (AvgIpc) is 1.98. The fourth-order valence-electron chi connectivity index (χ4n) is 0.442. The van der Waals surface area contributed by atoms with Crippen LogP contribution in [0.4, 0.5) is 0 Å². The van der Waals surface area contributed by atoms with Crippen molar-refractivity contribution in [1.82, 2.24) is 0 Å². The van der Waals surface area contributed by atoms with Crippen LogP contribution in [0.5, 0.6) is 0 Å². The normalized spacial score (nSPS) is 9.87. The molecule has 9 heteroatoms. The summed E-state index contributed by atoms with van der Waals surface area (Å²) in [5.41, 5.74) is 0. The van der Waals surface area contributed by atoms with Crippen molar-refractivity contribution in [2.24, 2.45) is 0 Å². The predicted octanol–water partition coefficient (Wildman–Crippen LogP) is -0.514. The number of hydrogen-bond acceptors (Lipinski definition) is 4. The molecular formula is C6H13O8P. The van der Waals surface area contributed by atoms with E-state index < -0.39 is 19.8 Å². The highest BCUT2D eigenvalue weighted by atomic mass is 31.2. The average molecular weight is 244 g/mol. The van der Waals surface area contributed by atoms with Crippen LogP contribution in [0.3, 0.4) is 0 Å². The Morgan fingerprint density at radius 3 is 1.87 bits per heavy atom. The first-order valence-corrected chi connectivity index (χ1v) is 5.39. The van der Waals surface area contributed by atoms with E-state index in [2.05, 4.69) is 4.74 Å². The maximum Gasteiger partial charge on any atom is 0.466 e. The quantitative estimate of drug-likeness (QED) is 0.382. The van der Waals surface area contributed by atoms with Crippen LogP contribution in [0.25, 0.3) is 0 Å². The van der Waals surface area contributed by atoms with Gasteiger partial charge >= 0.3 is 19.8 Å². The van der Waals surface area contributed by atoms with E-state index >= 15 is 0 Å². The molecule has 0 atom stereocenters. The number of ether oxygens (including phenoxy) is 1. The van der Waals surface area contributed by atoms with E-state index in [4.69, 9.17) is 24.4 Å². The van der Waals surface area contributed by atoms with E-state index in [1.54, 1.807) is 6.92 Å². The van der Waals surface area contributed by atoms with E-state index in [0.29, 0.717) is 6.61 Å². The summed E-state index contributed by atoms with van der Waals surface area (Å²) in [6, 6.07) is 0. The van der Waals surface area contributed by atoms with Gasteiger partial charge in [-0.3, -0.25) is 9.59 Å². The second-order valence-corrected chi connectivity index (χ2v) is 3.24. The van der Waals surface area contributed by atoms with Gasteiger partial charge in [0, 0.05) is 0 Å². The zero-order chi connectivity index (χ0) is 12.5. The lowest BCUT2D eigenvalue weighted by atomic mass is 10.3. The zero-order valence-electron chi connectivity index (χ0n) is 7.99. The highest BCUT2D eigenvalue weighted by molar-refractivity contribution is 7.45. The number of hydrogen-bond donors (Lipinski definition) is 4. The van der Waals surface area contributed by atoms with Gasteiger partial charge in [-0.1, -0.05) is 0 Å². The standard InChI is InChI=1S/C6H10O4.H3O4P/c1-2-10-6(9)4-3-5(7)8;1-5(2,3)4/h2-4H2,1H3,(H,7,8);(H3,1,2,3,4). The molecule has 0 aromatic rings. The Bertz CT molecular complexity index is 235. The summed E-state index contributed by atoms with van der Waals surface area (Å²) in [5, 5.41) is 8.12. The van der Waals surface area contributed by atoms with Crippen LogP contribution in [-0.2, 0) is 18.9 Å². The highest BCUT2D eigenvalue weighted by Gasteiger charge is 2.04. The summed E-state index contributed by atoms with van der Waals surface area (Å²) in [6.45, 7) is 1.98. The largest absolute Gasteiger partial charge is 0.481 e. The van der Waals surface area contributed by atoms with Crippen LogP contribution >= 0.6 is 7.82 Å². The zero-order valence-corrected chi connectivity index (χ0v) is 8.88. The molecule has 0 heterocycles. The number of carboxylic acids is 1. The lowest BCUT2D eigenvalue weighted by molar-refractivity contribution is -0.147. The Morgan fingerprint density at radius 1 is 1.20 bits per heavy atom. The van der Waals surface area contributed by atoms with E-state index in [1.807, 2.05) is 0 Å². The highest BCUT2D eigenvalue weighted by Crippen LogP contribution is 2.25. The van der Waals surface area contributed by atoms with Crippen molar-refractivity contribution in [3.63, 3.8) is 0 Å². The second-order valence-electron chi connectivity index (χ2n) is 2.21.